The van der Waals surface area contributed by atoms with E-state index in [-0.39, 0.29) is 11.5 Å². The van der Waals surface area contributed by atoms with Crippen LogP contribution in [-0.4, -0.2) is 20.2 Å². The number of benzene rings is 2. The summed E-state index contributed by atoms with van der Waals surface area (Å²) in [6, 6.07) is 14.3. The van der Waals surface area contributed by atoms with E-state index in [0.29, 0.717) is 21.9 Å². The number of hydrogen-bond donors (Lipinski definition) is 3. The van der Waals surface area contributed by atoms with Crippen LogP contribution in [-0.2, 0) is 0 Å². The van der Waals surface area contributed by atoms with Gasteiger partial charge in [-0.25, -0.2) is 4.98 Å². The monoisotopic (exact) mass is 405 g/mol. The van der Waals surface area contributed by atoms with Gasteiger partial charge in [0.15, 0.2) is 0 Å². The highest BCUT2D eigenvalue weighted by molar-refractivity contribution is 6.30. The fourth-order valence-electron chi connectivity index (χ4n) is 3.35. The molecule has 2 heterocycles. The molecule has 2 aromatic heterocycles. The van der Waals surface area contributed by atoms with Crippen molar-refractivity contribution in [1.29, 1.82) is 0 Å². The Balaban J connectivity index is 1.88. The van der Waals surface area contributed by atoms with Crippen molar-refractivity contribution in [2.24, 2.45) is 0 Å². The number of aromatic nitrogens is 2. The number of nitrogens with zero attached hydrogens (tertiary/aromatic N) is 2. The van der Waals surface area contributed by atoms with Crippen LogP contribution in [0.5, 0.6) is 11.5 Å². The Hall–Kier alpha value is -3.31. The topological polar surface area (TPSA) is 78.3 Å². The van der Waals surface area contributed by atoms with Gasteiger partial charge in [-0.05, 0) is 48.7 Å². The number of nitrogens with one attached hydrogen (secondary N) is 1. The second-order valence-electron chi connectivity index (χ2n) is 7.02. The Kier molecular flexibility index (Phi) is 4.99. The van der Waals surface area contributed by atoms with Crippen LogP contribution in [0.3, 0.4) is 0 Å². The molecule has 29 heavy (non-hydrogen) atoms. The molecular formula is C23H20ClN3O2. The standard InChI is InChI=1S/C23H20ClN3O2/c1-13-5-6-16(11-19(13)28)20(27-23-14(2)10-17(24)12-26-23)18-8-7-15-4-3-9-25-21(15)22(18)29/h3-12,20,28-29H,1-2H3,(H,26,27). The lowest BCUT2D eigenvalue weighted by atomic mass is 9.95. The molecule has 0 spiro atoms. The molecule has 0 aliphatic rings. The molecule has 1 atom stereocenters. The van der Waals surface area contributed by atoms with Gasteiger partial charge in [-0.15, -0.1) is 0 Å². The summed E-state index contributed by atoms with van der Waals surface area (Å²) in [6.45, 7) is 3.75. The molecule has 0 aliphatic heterocycles. The van der Waals surface area contributed by atoms with E-state index in [1.54, 1.807) is 18.5 Å². The van der Waals surface area contributed by atoms with Crippen molar-refractivity contribution in [3.8, 4) is 11.5 Å². The van der Waals surface area contributed by atoms with E-state index in [4.69, 9.17) is 11.6 Å². The Labute approximate surface area is 173 Å². The third kappa shape index (κ3) is 3.69. The minimum Gasteiger partial charge on any atom is -0.508 e. The van der Waals surface area contributed by atoms with Gasteiger partial charge in [0.1, 0.15) is 22.8 Å². The van der Waals surface area contributed by atoms with E-state index in [2.05, 4.69) is 15.3 Å². The summed E-state index contributed by atoms with van der Waals surface area (Å²) in [7, 11) is 0. The number of anilines is 1. The first-order valence-corrected chi connectivity index (χ1v) is 9.56. The van der Waals surface area contributed by atoms with Gasteiger partial charge in [0, 0.05) is 23.3 Å². The summed E-state index contributed by atoms with van der Waals surface area (Å²) in [5.41, 5.74) is 3.59. The fourth-order valence-corrected chi connectivity index (χ4v) is 3.57. The average Bonchev–Trinajstić information content (AvgIpc) is 2.71. The predicted octanol–water partition coefficient (Wildman–Crippen LogP) is 5.51. The van der Waals surface area contributed by atoms with Gasteiger partial charge in [-0.3, -0.25) is 4.98 Å². The zero-order valence-corrected chi connectivity index (χ0v) is 16.8. The van der Waals surface area contributed by atoms with Crippen molar-refractivity contribution in [2.75, 3.05) is 5.32 Å². The van der Waals surface area contributed by atoms with Crippen LogP contribution in [0.25, 0.3) is 10.9 Å². The summed E-state index contributed by atoms with van der Waals surface area (Å²) < 4.78 is 0. The van der Waals surface area contributed by atoms with Crippen LogP contribution in [0.1, 0.15) is 28.3 Å². The first kappa shape index (κ1) is 19.0. The van der Waals surface area contributed by atoms with Crippen LogP contribution in [0, 0.1) is 13.8 Å². The average molecular weight is 406 g/mol. The summed E-state index contributed by atoms with van der Waals surface area (Å²) in [4.78, 5) is 8.72. The summed E-state index contributed by atoms with van der Waals surface area (Å²) in [5.74, 6) is 0.917. The Morgan fingerprint density at radius 3 is 2.55 bits per heavy atom. The molecule has 146 valence electrons. The van der Waals surface area contributed by atoms with Crippen molar-refractivity contribution in [3.63, 3.8) is 0 Å². The Bertz CT molecular complexity index is 1210. The highest BCUT2D eigenvalue weighted by Crippen LogP contribution is 2.38. The quantitative estimate of drug-likeness (QED) is 0.417. The van der Waals surface area contributed by atoms with Gasteiger partial charge in [0.25, 0.3) is 0 Å². The Morgan fingerprint density at radius 1 is 0.966 bits per heavy atom. The molecule has 0 fully saturated rings. The normalized spacial score (nSPS) is 12.1. The molecule has 2 aromatic carbocycles. The van der Waals surface area contributed by atoms with E-state index >= 15 is 0 Å². The van der Waals surface area contributed by atoms with Crippen molar-refractivity contribution >= 4 is 28.3 Å². The van der Waals surface area contributed by atoms with Crippen molar-refractivity contribution < 1.29 is 10.2 Å². The largest absolute Gasteiger partial charge is 0.508 e. The summed E-state index contributed by atoms with van der Waals surface area (Å²) >= 11 is 6.04. The van der Waals surface area contributed by atoms with Crippen LogP contribution in [0.2, 0.25) is 5.02 Å². The van der Waals surface area contributed by atoms with Crippen molar-refractivity contribution in [2.45, 2.75) is 19.9 Å². The molecule has 3 N–H and O–H groups in total. The fraction of sp³-hybridized carbons (Fsp3) is 0.130. The summed E-state index contributed by atoms with van der Waals surface area (Å²) in [5, 5.41) is 26.0. The zero-order chi connectivity index (χ0) is 20.5. The maximum atomic E-state index is 11.0. The van der Waals surface area contributed by atoms with E-state index in [1.807, 2.05) is 56.3 Å². The lowest BCUT2D eigenvalue weighted by Gasteiger charge is -2.23. The van der Waals surface area contributed by atoms with E-state index in [0.717, 1.165) is 22.1 Å². The molecule has 0 radical (unpaired) electrons. The molecule has 6 heteroatoms. The number of aromatic hydroxyl groups is 2. The number of fused-ring (bicyclic) bond motifs is 1. The number of phenols is 2. The molecule has 0 amide bonds. The van der Waals surface area contributed by atoms with Gasteiger partial charge in [-0.2, -0.15) is 0 Å². The van der Waals surface area contributed by atoms with Gasteiger partial charge in [0.05, 0.1) is 11.1 Å². The molecule has 1 unspecified atom stereocenters. The number of phenolic OH excluding ortho intramolecular Hbond substituents is 2. The number of halogens is 1. The second kappa shape index (κ2) is 7.60. The molecule has 0 saturated carbocycles. The van der Waals surface area contributed by atoms with Crippen LogP contribution in [0.4, 0.5) is 5.82 Å². The molecule has 0 aliphatic carbocycles. The summed E-state index contributed by atoms with van der Waals surface area (Å²) in [6.07, 6.45) is 3.22. The lowest BCUT2D eigenvalue weighted by Crippen LogP contribution is -2.14. The van der Waals surface area contributed by atoms with Gasteiger partial charge in [0.2, 0.25) is 0 Å². The molecule has 4 aromatic rings. The van der Waals surface area contributed by atoms with Gasteiger partial charge < -0.3 is 15.5 Å². The Morgan fingerprint density at radius 2 is 1.79 bits per heavy atom. The lowest BCUT2D eigenvalue weighted by molar-refractivity contribution is 0.467. The van der Waals surface area contributed by atoms with Crippen molar-refractivity contribution in [1.82, 2.24) is 9.97 Å². The zero-order valence-electron chi connectivity index (χ0n) is 16.0. The molecule has 0 saturated heterocycles. The molecule has 0 bridgehead atoms. The highest BCUT2D eigenvalue weighted by atomic mass is 35.5. The molecule has 4 rings (SSSR count). The third-order valence-corrected chi connectivity index (χ3v) is 5.19. The maximum Gasteiger partial charge on any atom is 0.147 e. The van der Waals surface area contributed by atoms with E-state index in [1.165, 1.54) is 0 Å². The van der Waals surface area contributed by atoms with Gasteiger partial charge >= 0.3 is 0 Å². The predicted molar refractivity (Wildman–Crippen MR) is 116 cm³/mol. The van der Waals surface area contributed by atoms with Gasteiger partial charge in [-0.1, -0.05) is 41.9 Å². The minimum atomic E-state index is -0.458. The van der Waals surface area contributed by atoms with Crippen LogP contribution < -0.4 is 5.32 Å². The van der Waals surface area contributed by atoms with E-state index < -0.39 is 6.04 Å². The first-order chi connectivity index (χ1) is 13.9. The molecule has 5 nitrogen and oxygen atoms in total. The highest BCUT2D eigenvalue weighted by Gasteiger charge is 2.22. The number of rotatable bonds is 4. The molecular weight excluding hydrogens is 386 g/mol. The van der Waals surface area contributed by atoms with Crippen LogP contribution in [0.15, 0.2) is 60.9 Å². The minimum absolute atomic E-state index is 0.0901. The smallest absolute Gasteiger partial charge is 0.147 e. The maximum absolute atomic E-state index is 11.0. The van der Waals surface area contributed by atoms with E-state index in [9.17, 15) is 10.2 Å². The first-order valence-electron chi connectivity index (χ1n) is 9.19. The number of aryl methyl sites for hydroxylation is 2. The number of hydrogen-bond acceptors (Lipinski definition) is 5. The SMILES string of the molecule is Cc1ccc(C(Nc2ncc(Cl)cc2C)c2ccc3cccnc3c2O)cc1O. The third-order valence-electron chi connectivity index (χ3n) is 4.98. The van der Waals surface area contributed by atoms with Crippen LogP contribution >= 0.6 is 11.6 Å². The second-order valence-corrected chi connectivity index (χ2v) is 7.46. The number of pyridine rings is 2. The van der Waals surface area contributed by atoms with Crippen molar-refractivity contribution in [3.05, 3.63) is 88.2 Å².